The lowest BCUT2D eigenvalue weighted by Gasteiger charge is -2.17. The maximum atomic E-state index is 12.8. The molecule has 0 radical (unpaired) electrons. The summed E-state index contributed by atoms with van der Waals surface area (Å²) in [4.78, 5) is 26.4. The molecular formula is C19H16F3N7O. The van der Waals surface area contributed by atoms with Crippen molar-refractivity contribution in [1.29, 1.82) is 0 Å². The van der Waals surface area contributed by atoms with Gasteiger partial charge in [0.05, 0.1) is 46.6 Å². The lowest BCUT2D eigenvalue weighted by Crippen LogP contribution is -2.27. The molecule has 4 aromatic rings. The number of hydrogen-bond donors (Lipinski definition) is 1. The van der Waals surface area contributed by atoms with E-state index in [1.165, 1.54) is 24.2 Å². The molecule has 11 heteroatoms. The van der Waals surface area contributed by atoms with Crippen LogP contribution in [0.4, 0.5) is 19.0 Å². The van der Waals surface area contributed by atoms with Crippen molar-refractivity contribution in [3.8, 4) is 0 Å². The average Bonchev–Trinajstić information content (AvgIpc) is 3.09. The molecule has 0 spiro atoms. The Morgan fingerprint density at radius 1 is 1.17 bits per heavy atom. The maximum absolute atomic E-state index is 12.8. The number of pyridine rings is 3. The molecule has 0 bridgehead atoms. The number of alkyl halides is 3. The quantitative estimate of drug-likeness (QED) is 0.552. The summed E-state index contributed by atoms with van der Waals surface area (Å²) in [5.74, 6) is -0.0947. The first kappa shape index (κ1) is 19.6. The van der Waals surface area contributed by atoms with Gasteiger partial charge in [-0.15, -0.1) is 0 Å². The van der Waals surface area contributed by atoms with Gasteiger partial charge in [-0.2, -0.15) is 18.3 Å². The van der Waals surface area contributed by atoms with Crippen LogP contribution in [0.3, 0.4) is 0 Å². The highest BCUT2D eigenvalue weighted by Crippen LogP contribution is 2.29. The molecule has 0 aliphatic rings. The molecule has 0 aromatic carbocycles. The summed E-state index contributed by atoms with van der Waals surface area (Å²) in [5.41, 5.74) is 6.84. The monoisotopic (exact) mass is 415 g/mol. The Morgan fingerprint density at radius 2 is 1.93 bits per heavy atom. The topological polar surface area (TPSA) is 103 Å². The predicted octanol–water partition coefficient (Wildman–Crippen LogP) is 2.78. The Balaban J connectivity index is 1.63. The molecular weight excluding hydrogens is 399 g/mol. The summed E-state index contributed by atoms with van der Waals surface area (Å²) in [7, 11) is 3.28. The largest absolute Gasteiger partial charge is 0.417 e. The van der Waals surface area contributed by atoms with E-state index in [2.05, 4.69) is 20.1 Å². The van der Waals surface area contributed by atoms with E-state index in [0.717, 1.165) is 17.8 Å². The number of nitrogen functional groups attached to an aromatic ring is 1. The number of fused-ring (bicyclic) bond motifs is 3. The second-order valence-corrected chi connectivity index (χ2v) is 6.81. The summed E-state index contributed by atoms with van der Waals surface area (Å²) in [6, 6.07) is 3.78. The van der Waals surface area contributed by atoms with Gasteiger partial charge < -0.3 is 10.6 Å². The maximum Gasteiger partial charge on any atom is 0.417 e. The summed E-state index contributed by atoms with van der Waals surface area (Å²) in [6.07, 6.45) is -0.662. The molecule has 4 heterocycles. The van der Waals surface area contributed by atoms with E-state index < -0.39 is 17.6 Å². The molecule has 0 atom stereocenters. The molecule has 0 aliphatic heterocycles. The van der Waals surface area contributed by atoms with Gasteiger partial charge in [0.1, 0.15) is 11.5 Å². The minimum atomic E-state index is -4.46. The van der Waals surface area contributed by atoms with Crippen molar-refractivity contribution < 1.29 is 18.0 Å². The van der Waals surface area contributed by atoms with Crippen molar-refractivity contribution in [1.82, 2.24) is 29.6 Å². The van der Waals surface area contributed by atoms with Crippen LogP contribution in [0.15, 0.2) is 36.8 Å². The van der Waals surface area contributed by atoms with E-state index in [4.69, 9.17) is 5.73 Å². The van der Waals surface area contributed by atoms with Gasteiger partial charge in [-0.25, -0.2) is 9.97 Å². The van der Waals surface area contributed by atoms with Crippen LogP contribution in [0.5, 0.6) is 0 Å². The molecule has 4 aromatic heterocycles. The molecule has 8 nitrogen and oxygen atoms in total. The Labute approximate surface area is 168 Å². The van der Waals surface area contributed by atoms with Gasteiger partial charge in [0.25, 0.3) is 5.91 Å². The number of anilines is 1. The van der Waals surface area contributed by atoms with Crippen LogP contribution in [0.2, 0.25) is 0 Å². The van der Waals surface area contributed by atoms with Gasteiger partial charge in [-0.05, 0) is 18.2 Å². The number of hydrogen-bond acceptors (Lipinski definition) is 6. The van der Waals surface area contributed by atoms with Crippen molar-refractivity contribution in [2.45, 2.75) is 12.7 Å². The Morgan fingerprint density at radius 3 is 2.60 bits per heavy atom. The second kappa shape index (κ2) is 6.94. The van der Waals surface area contributed by atoms with Gasteiger partial charge in [-0.1, -0.05) is 0 Å². The second-order valence-electron chi connectivity index (χ2n) is 6.81. The molecule has 1 amide bonds. The van der Waals surface area contributed by atoms with Crippen LogP contribution in [-0.2, 0) is 19.8 Å². The number of aromatic nitrogens is 5. The zero-order valence-corrected chi connectivity index (χ0v) is 16.0. The molecule has 154 valence electrons. The van der Waals surface area contributed by atoms with Crippen molar-refractivity contribution in [3.63, 3.8) is 0 Å². The molecule has 0 unspecified atom stereocenters. The first-order valence-corrected chi connectivity index (χ1v) is 8.79. The molecule has 0 saturated carbocycles. The van der Waals surface area contributed by atoms with E-state index in [1.807, 2.05) is 0 Å². The van der Waals surface area contributed by atoms with Crippen molar-refractivity contribution in [2.24, 2.45) is 7.05 Å². The lowest BCUT2D eigenvalue weighted by molar-refractivity contribution is -0.137. The molecule has 2 N–H and O–H groups in total. The molecule has 30 heavy (non-hydrogen) atoms. The third kappa shape index (κ3) is 3.38. The smallest absolute Gasteiger partial charge is 0.383 e. The van der Waals surface area contributed by atoms with Crippen LogP contribution in [0.25, 0.3) is 21.8 Å². The Hall–Kier alpha value is -3.76. The fourth-order valence-corrected chi connectivity index (χ4v) is 3.17. The van der Waals surface area contributed by atoms with Gasteiger partial charge in [0, 0.05) is 25.7 Å². The van der Waals surface area contributed by atoms with Crippen molar-refractivity contribution >= 4 is 33.5 Å². The van der Waals surface area contributed by atoms with Crippen LogP contribution in [-0.4, -0.2) is 42.6 Å². The standard InChI is InChI=1S/C19H16F3N7O/c1-28(9-11-4-3-10(6-24-11)19(20,21)22)18(30)14-5-12-15(8-25-14)27-17(23)13-7-26-29(2)16(12)13/h3-8H,9H2,1-2H3,(H2,23,27). The molecule has 4 rings (SSSR count). The van der Waals surface area contributed by atoms with Gasteiger partial charge in [-0.3, -0.25) is 14.5 Å². The Bertz CT molecular complexity index is 1270. The number of carbonyl (C=O) groups excluding carboxylic acids is 1. The number of rotatable bonds is 3. The SMILES string of the molecule is CN(Cc1ccc(C(F)(F)F)cn1)C(=O)c1cc2c(cn1)nc(N)c1cnn(C)c12. The van der Waals surface area contributed by atoms with Crippen LogP contribution in [0, 0.1) is 0 Å². The highest BCUT2D eigenvalue weighted by Gasteiger charge is 2.30. The summed E-state index contributed by atoms with van der Waals surface area (Å²) >= 11 is 0. The minimum absolute atomic E-state index is 0.0256. The van der Waals surface area contributed by atoms with Gasteiger partial charge >= 0.3 is 6.18 Å². The summed E-state index contributed by atoms with van der Waals surface area (Å²) in [5, 5.41) is 5.52. The number of amides is 1. The average molecular weight is 415 g/mol. The number of aryl methyl sites for hydroxylation is 1. The fraction of sp³-hybridized carbons (Fsp3) is 0.211. The van der Waals surface area contributed by atoms with E-state index in [9.17, 15) is 18.0 Å². The van der Waals surface area contributed by atoms with Crippen molar-refractivity contribution in [3.05, 3.63) is 53.7 Å². The number of nitrogens with zero attached hydrogens (tertiary/aromatic N) is 6. The van der Waals surface area contributed by atoms with Crippen LogP contribution < -0.4 is 5.73 Å². The minimum Gasteiger partial charge on any atom is -0.383 e. The number of nitrogens with two attached hydrogens (primary N) is 1. The Kier molecular flexibility index (Phi) is 4.52. The molecule has 0 fully saturated rings. The van der Waals surface area contributed by atoms with E-state index in [0.29, 0.717) is 27.8 Å². The van der Waals surface area contributed by atoms with Crippen LogP contribution >= 0.6 is 0 Å². The van der Waals surface area contributed by atoms with Gasteiger partial charge in [0.2, 0.25) is 0 Å². The van der Waals surface area contributed by atoms with Crippen molar-refractivity contribution in [2.75, 3.05) is 12.8 Å². The summed E-state index contributed by atoms with van der Waals surface area (Å²) in [6.45, 7) is 0.0256. The van der Waals surface area contributed by atoms with E-state index >= 15 is 0 Å². The highest BCUT2D eigenvalue weighted by molar-refractivity contribution is 6.09. The number of carbonyl (C=O) groups is 1. The normalized spacial score (nSPS) is 11.9. The zero-order valence-electron chi connectivity index (χ0n) is 16.0. The number of halogens is 3. The first-order valence-electron chi connectivity index (χ1n) is 8.79. The summed E-state index contributed by atoms with van der Waals surface area (Å²) < 4.78 is 39.6. The third-order valence-electron chi connectivity index (χ3n) is 4.71. The first-order chi connectivity index (χ1) is 14.1. The predicted molar refractivity (Wildman–Crippen MR) is 103 cm³/mol. The van der Waals surface area contributed by atoms with Crippen LogP contribution in [0.1, 0.15) is 21.7 Å². The molecule has 0 aliphatic carbocycles. The highest BCUT2D eigenvalue weighted by atomic mass is 19.4. The molecule has 0 saturated heterocycles. The fourth-order valence-electron chi connectivity index (χ4n) is 3.17. The third-order valence-corrected chi connectivity index (χ3v) is 4.71. The van der Waals surface area contributed by atoms with E-state index in [-0.39, 0.29) is 12.2 Å². The van der Waals surface area contributed by atoms with E-state index in [1.54, 1.807) is 24.0 Å². The lowest BCUT2D eigenvalue weighted by atomic mass is 10.1. The zero-order chi connectivity index (χ0) is 21.6. The van der Waals surface area contributed by atoms with Gasteiger partial charge in [0.15, 0.2) is 0 Å².